The number of fused-ring (bicyclic) bond motifs is 12. The first kappa shape index (κ1) is 35.0. The minimum absolute atomic E-state index is 0.574. The van der Waals surface area contributed by atoms with Crippen molar-refractivity contribution in [2.45, 2.75) is 0 Å². The normalized spacial score (nSPS) is 12.1. The predicted molar refractivity (Wildman–Crippen MR) is 265 cm³/mol. The zero-order valence-electron chi connectivity index (χ0n) is 34.3. The van der Waals surface area contributed by atoms with Gasteiger partial charge < -0.3 is 8.98 Å². The highest BCUT2D eigenvalue weighted by Gasteiger charge is 2.25. The molecule has 0 spiro atoms. The molecule has 64 heavy (non-hydrogen) atoms. The van der Waals surface area contributed by atoms with Crippen molar-refractivity contribution in [3.05, 3.63) is 206 Å². The molecule has 0 fully saturated rings. The molecule has 0 aliphatic rings. The van der Waals surface area contributed by atoms with Crippen LogP contribution in [0.2, 0.25) is 0 Å². The summed E-state index contributed by atoms with van der Waals surface area (Å²) in [6, 6.07) is 73.4. The summed E-state index contributed by atoms with van der Waals surface area (Å²) in [6.45, 7) is 0. The van der Waals surface area contributed by atoms with Crippen molar-refractivity contribution in [1.82, 2.24) is 19.5 Å². The Morgan fingerprint density at radius 2 is 0.891 bits per heavy atom. The Labute approximate surface area is 366 Å². The average molecular weight is 815 g/mol. The fourth-order valence-corrected chi connectivity index (χ4v) is 10.2. The molecule has 0 radical (unpaired) electrons. The molecule has 3 aromatic heterocycles. The summed E-state index contributed by atoms with van der Waals surface area (Å²) in [6.07, 6.45) is 0. The van der Waals surface area contributed by atoms with Crippen LogP contribution in [0.4, 0.5) is 0 Å². The van der Waals surface area contributed by atoms with Gasteiger partial charge in [0.1, 0.15) is 11.2 Å². The van der Waals surface area contributed by atoms with Crippen LogP contribution >= 0.6 is 0 Å². The number of hydrogen-bond acceptors (Lipinski definition) is 4. The number of benzene rings is 11. The zero-order valence-corrected chi connectivity index (χ0v) is 34.3. The SMILES string of the molecule is c1ccc2cc3c(cc2c1)oc1ccc(-c2nc(-c4ccc5c(ccc6ccccc65)c4)nc(-c4cccc5ccccc45)n2)c(-n2c4ccccc4c4cc5ccccc5cc42)c13. The van der Waals surface area contributed by atoms with Gasteiger partial charge in [0.15, 0.2) is 17.5 Å². The number of rotatable bonds is 4. The second kappa shape index (κ2) is 13.4. The van der Waals surface area contributed by atoms with Gasteiger partial charge in [-0.1, -0.05) is 158 Å². The molecule has 14 aromatic rings. The fourth-order valence-electron chi connectivity index (χ4n) is 10.2. The van der Waals surface area contributed by atoms with E-state index in [1.165, 1.54) is 37.7 Å². The van der Waals surface area contributed by atoms with Crippen LogP contribution in [-0.4, -0.2) is 19.5 Å². The molecule has 11 aromatic carbocycles. The highest BCUT2D eigenvalue weighted by atomic mass is 16.3. The number of para-hydroxylation sites is 1. The summed E-state index contributed by atoms with van der Waals surface area (Å²) in [5.41, 5.74) is 7.49. The van der Waals surface area contributed by atoms with E-state index >= 15 is 0 Å². The lowest BCUT2D eigenvalue weighted by atomic mass is 9.99. The molecular weight excluding hydrogens is 781 g/mol. The van der Waals surface area contributed by atoms with Crippen LogP contribution in [0.3, 0.4) is 0 Å². The van der Waals surface area contributed by atoms with Gasteiger partial charge in [0.25, 0.3) is 0 Å². The molecule has 296 valence electrons. The number of hydrogen-bond donors (Lipinski definition) is 0. The summed E-state index contributed by atoms with van der Waals surface area (Å²) in [5, 5.41) is 16.0. The summed E-state index contributed by atoms with van der Waals surface area (Å²) < 4.78 is 9.24. The largest absolute Gasteiger partial charge is 0.456 e. The molecule has 0 saturated heterocycles. The van der Waals surface area contributed by atoms with Crippen LogP contribution in [0.25, 0.3) is 137 Å². The summed E-state index contributed by atoms with van der Waals surface area (Å²) in [5.74, 6) is 1.79. The molecule has 5 nitrogen and oxygen atoms in total. The molecule has 3 heterocycles. The number of aromatic nitrogens is 4. The lowest BCUT2D eigenvalue weighted by molar-refractivity contribution is 0.669. The third kappa shape index (κ3) is 5.22. The van der Waals surface area contributed by atoms with E-state index < -0.39 is 0 Å². The lowest BCUT2D eigenvalue weighted by Gasteiger charge is -2.17. The van der Waals surface area contributed by atoms with Gasteiger partial charge in [0.2, 0.25) is 0 Å². The fraction of sp³-hybridized carbons (Fsp3) is 0. The van der Waals surface area contributed by atoms with Crippen LogP contribution in [0.1, 0.15) is 0 Å². The molecule has 14 rings (SSSR count). The van der Waals surface area contributed by atoms with Gasteiger partial charge in [0.05, 0.1) is 22.1 Å². The maximum Gasteiger partial charge on any atom is 0.166 e. The highest BCUT2D eigenvalue weighted by molar-refractivity contribution is 6.19. The van der Waals surface area contributed by atoms with Gasteiger partial charge in [0, 0.05) is 32.8 Å². The third-order valence-corrected chi connectivity index (χ3v) is 13.2. The van der Waals surface area contributed by atoms with Crippen molar-refractivity contribution in [3.8, 4) is 39.9 Å². The van der Waals surface area contributed by atoms with E-state index in [2.05, 4.69) is 211 Å². The standard InChI is InChI=1S/C59H34N4O/c1-3-16-39-33-52-49(31-37(39)14-1)46-21-9-10-23-51(46)63(52)56-48(28-29-53-55(56)50-32-38-15-2-4-17-40(38)34-54(50)64-53)59-61-57(60-58(62-59)47-22-11-18-35-12-5-8-20-44(35)47)42-26-27-45-41(30-42)25-24-36-13-6-7-19-43(36)45/h1-34H. The van der Waals surface area contributed by atoms with Crippen molar-refractivity contribution in [1.29, 1.82) is 0 Å². The van der Waals surface area contributed by atoms with Crippen molar-refractivity contribution >= 4 is 97.6 Å². The van der Waals surface area contributed by atoms with Crippen LogP contribution in [0.5, 0.6) is 0 Å². The minimum atomic E-state index is 0.574. The van der Waals surface area contributed by atoms with E-state index in [0.29, 0.717) is 17.5 Å². The van der Waals surface area contributed by atoms with E-state index in [9.17, 15) is 0 Å². The average Bonchev–Trinajstić information content (AvgIpc) is 3.88. The van der Waals surface area contributed by atoms with E-state index in [1.807, 2.05) is 0 Å². The quantitative estimate of drug-likeness (QED) is 0.166. The first-order valence-electron chi connectivity index (χ1n) is 21.7. The van der Waals surface area contributed by atoms with E-state index in [-0.39, 0.29) is 0 Å². The summed E-state index contributed by atoms with van der Waals surface area (Å²) >= 11 is 0. The zero-order chi connectivity index (χ0) is 41.9. The molecule has 0 bridgehead atoms. The van der Waals surface area contributed by atoms with Crippen molar-refractivity contribution < 1.29 is 4.42 Å². The third-order valence-electron chi connectivity index (χ3n) is 13.2. The van der Waals surface area contributed by atoms with Crippen molar-refractivity contribution in [2.24, 2.45) is 0 Å². The molecule has 0 atom stereocenters. The molecule has 0 unspecified atom stereocenters. The lowest BCUT2D eigenvalue weighted by Crippen LogP contribution is -2.04. The van der Waals surface area contributed by atoms with E-state index in [4.69, 9.17) is 19.4 Å². The molecule has 0 saturated carbocycles. The minimum Gasteiger partial charge on any atom is -0.456 e. The Hall–Kier alpha value is -8.67. The number of nitrogens with zero attached hydrogens (tertiary/aromatic N) is 4. The second-order valence-corrected chi connectivity index (χ2v) is 16.8. The predicted octanol–water partition coefficient (Wildman–Crippen LogP) is 15.6. The monoisotopic (exact) mass is 814 g/mol. The van der Waals surface area contributed by atoms with Crippen LogP contribution in [-0.2, 0) is 0 Å². The maximum absolute atomic E-state index is 6.82. The molecule has 0 aliphatic heterocycles. The Kier molecular flexibility index (Phi) is 7.33. The van der Waals surface area contributed by atoms with Gasteiger partial charge in [-0.2, -0.15) is 0 Å². The van der Waals surface area contributed by atoms with Crippen LogP contribution in [0.15, 0.2) is 211 Å². The maximum atomic E-state index is 6.82. The first-order chi connectivity index (χ1) is 31.7. The second-order valence-electron chi connectivity index (χ2n) is 16.8. The van der Waals surface area contributed by atoms with Gasteiger partial charge in [-0.25, -0.2) is 15.0 Å². The summed E-state index contributed by atoms with van der Waals surface area (Å²) in [7, 11) is 0. The van der Waals surface area contributed by atoms with E-state index in [1.54, 1.807) is 0 Å². The van der Waals surface area contributed by atoms with E-state index in [0.717, 1.165) is 82.3 Å². The Bertz CT molecular complexity index is 4270. The Morgan fingerprint density at radius 3 is 1.69 bits per heavy atom. The Morgan fingerprint density at radius 1 is 0.312 bits per heavy atom. The topological polar surface area (TPSA) is 56.7 Å². The highest BCUT2D eigenvalue weighted by Crippen LogP contribution is 2.45. The van der Waals surface area contributed by atoms with Crippen LogP contribution < -0.4 is 0 Å². The van der Waals surface area contributed by atoms with Crippen molar-refractivity contribution in [3.63, 3.8) is 0 Å². The van der Waals surface area contributed by atoms with Gasteiger partial charge in [-0.3, -0.25) is 0 Å². The molecule has 5 heteroatoms. The van der Waals surface area contributed by atoms with Gasteiger partial charge in [-0.15, -0.1) is 0 Å². The van der Waals surface area contributed by atoms with Gasteiger partial charge >= 0.3 is 0 Å². The first-order valence-corrected chi connectivity index (χ1v) is 21.7. The summed E-state index contributed by atoms with van der Waals surface area (Å²) in [4.78, 5) is 16.3. The van der Waals surface area contributed by atoms with Crippen molar-refractivity contribution in [2.75, 3.05) is 0 Å². The smallest absolute Gasteiger partial charge is 0.166 e. The van der Waals surface area contributed by atoms with Gasteiger partial charge in [-0.05, 0) is 102 Å². The molecule has 0 amide bonds. The molecular formula is C59H34N4O. The Balaban J connectivity index is 1.12. The molecule has 0 N–H and O–H groups in total. The molecule has 0 aliphatic carbocycles. The number of furan rings is 1. The van der Waals surface area contributed by atoms with Crippen LogP contribution in [0, 0.1) is 0 Å².